The molecule has 0 atom stereocenters. The molecule has 0 saturated heterocycles. The molecule has 202 valence electrons. The van der Waals surface area contributed by atoms with Crippen molar-refractivity contribution in [1.29, 1.82) is 0 Å². The average molecular weight is 539 g/mol. The van der Waals surface area contributed by atoms with Crippen LogP contribution in [0.15, 0.2) is 42.5 Å². The third kappa shape index (κ3) is 6.72. The van der Waals surface area contributed by atoms with Gasteiger partial charge in [0.1, 0.15) is 5.75 Å². The Kier molecular flexibility index (Phi) is 8.51. The van der Waals surface area contributed by atoms with E-state index in [0.29, 0.717) is 17.2 Å². The van der Waals surface area contributed by atoms with Gasteiger partial charge < -0.3 is 14.2 Å². The van der Waals surface area contributed by atoms with Crippen LogP contribution in [0.1, 0.15) is 53.5 Å². The molecule has 0 bridgehead atoms. The van der Waals surface area contributed by atoms with Gasteiger partial charge in [0.25, 0.3) is 0 Å². The highest BCUT2D eigenvalue weighted by molar-refractivity contribution is 7.92. The lowest BCUT2D eigenvalue weighted by atomic mass is 9.83. The van der Waals surface area contributed by atoms with Gasteiger partial charge in [0.05, 0.1) is 33.1 Å². The van der Waals surface area contributed by atoms with Crippen molar-refractivity contribution >= 4 is 33.8 Å². The van der Waals surface area contributed by atoms with E-state index in [1.807, 2.05) is 31.2 Å². The number of nitrogens with zero attached hydrogens (tertiary/aromatic N) is 1. The van der Waals surface area contributed by atoms with Crippen LogP contribution in [0.5, 0.6) is 11.6 Å². The van der Waals surface area contributed by atoms with Crippen molar-refractivity contribution in [3.05, 3.63) is 70.4 Å². The number of hydrogen-bond acceptors (Lipinski definition) is 7. The predicted octanol–water partition coefficient (Wildman–Crippen LogP) is 5.70. The van der Waals surface area contributed by atoms with Crippen molar-refractivity contribution in [2.75, 3.05) is 32.3 Å². The van der Waals surface area contributed by atoms with E-state index < -0.39 is 16.0 Å². The van der Waals surface area contributed by atoms with Gasteiger partial charge >= 0.3 is 5.97 Å². The molecular formula is C29H34N2O6S. The zero-order valence-corrected chi connectivity index (χ0v) is 23.8. The highest BCUT2D eigenvalue weighted by Gasteiger charge is 2.23. The van der Waals surface area contributed by atoms with Crippen LogP contribution in [-0.4, -0.2) is 47.0 Å². The molecule has 3 aromatic rings. The molecule has 0 amide bonds. The number of sulfonamides is 1. The molecule has 2 aromatic carbocycles. The smallest absolute Gasteiger partial charge is 0.338 e. The number of carbonyl (C=O) groups excluding carboxylic acids is 1. The number of aryl methyl sites for hydroxylation is 1. The molecule has 0 fully saturated rings. The van der Waals surface area contributed by atoms with Gasteiger partial charge in [-0.25, -0.2) is 18.2 Å². The number of aromatic nitrogens is 1. The Morgan fingerprint density at radius 3 is 2.21 bits per heavy atom. The van der Waals surface area contributed by atoms with Crippen molar-refractivity contribution < 1.29 is 27.4 Å². The molecule has 8 nitrogen and oxygen atoms in total. The largest absolute Gasteiger partial charge is 0.496 e. The molecule has 1 N–H and O–H groups in total. The lowest BCUT2D eigenvalue weighted by Gasteiger charge is -2.25. The van der Waals surface area contributed by atoms with Gasteiger partial charge in [-0.1, -0.05) is 39.0 Å². The molecule has 0 aliphatic rings. The van der Waals surface area contributed by atoms with E-state index in [-0.39, 0.29) is 16.7 Å². The Bertz CT molecular complexity index is 1490. The van der Waals surface area contributed by atoms with E-state index in [1.165, 1.54) is 13.2 Å². The topological polar surface area (TPSA) is 104 Å². The number of anilines is 1. The number of esters is 1. The summed E-state index contributed by atoms with van der Waals surface area (Å²) in [5, 5.41) is 0. The molecule has 0 spiro atoms. The highest BCUT2D eigenvalue weighted by atomic mass is 32.2. The minimum atomic E-state index is -3.51. The molecule has 9 heteroatoms. The Balaban J connectivity index is 2.22. The van der Waals surface area contributed by atoms with Crippen molar-refractivity contribution in [3.63, 3.8) is 0 Å². The van der Waals surface area contributed by atoms with Crippen molar-refractivity contribution in [1.82, 2.24) is 4.98 Å². The van der Waals surface area contributed by atoms with Crippen LogP contribution in [0.3, 0.4) is 0 Å². The maximum absolute atomic E-state index is 12.5. The molecule has 1 heterocycles. The molecule has 0 aliphatic heterocycles. The summed E-state index contributed by atoms with van der Waals surface area (Å²) in [5.41, 5.74) is 5.15. The normalized spacial score (nSPS) is 11.9. The first-order valence-corrected chi connectivity index (χ1v) is 13.8. The summed E-state index contributed by atoms with van der Waals surface area (Å²) in [5.74, 6) is 0.631. The lowest BCUT2D eigenvalue weighted by Crippen LogP contribution is -2.14. The van der Waals surface area contributed by atoms with Crippen LogP contribution in [0.25, 0.3) is 23.3 Å². The van der Waals surface area contributed by atoms with Crippen molar-refractivity contribution in [2.24, 2.45) is 0 Å². The number of hydrogen-bond donors (Lipinski definition) is 1. The van der Waals surface area contributed by atoms with Gasteiger partial charge in [0.15, 0.2) is 0 Å². The number of rotatable bonds is 8. The maximum atomic E-state index is 12.5. The monoisotopic (exact) mass is 538 g/mol. The molecule has 0 unspecified atom stereocenters. The van der Waals surface area contributed by atoms with E-state index >= 15 is 0 Å². The summed E-state index contributed by atoms with van der Waals surface area (Å²) >= 11 is 0. The summed E-state index contributed by atoms with van der Waals surface area (Å²) in [7, 11) is 0.982. The van der Waals surface area contributed by atoms with E-state index in [4.69, 9.17) is 14.2 Å². The molecule has 0 aliphatic carbocycles. The number of ether oxygens (including phenoxy) is 3. The maximum Gasteiger partial charge on any atom is 0.338 e. The van der Waals surface area contributed by atoms with E-state index in [0.717, 1.165) is 34.2 Å². The molecule has 38 heavy (non-hydrogen) atoms. The van der Waals surface area contributed by atoms with Crippen molar-refractivity contribution in [2.45, 2.75) is 33.1 Å². The average Bonchev–Trinajstić information content (AvgIpc) is 2.85. The van der Waals surface area contributed by atoms with E-state index in [1.54, 1.807) is 32.4 Å². The quantitative estimate of drug-likeness (QED) is 0.290. The summed E-state index contributed by atoms with van der Waals surface area (Å²) in [6, 6.07) is 12.7. The Labute approximate surface area is 224 Å². The van der Waals surface area contributed by atoms with Crippen LogP contribution in [0, 0.1) is 6.92 Å². The van der Waals surface area contributed by atoms with Crippen molar-refractivity contribution in [3.8, 4) is 22.8 Å². The third-order valence-electron chi connectivity index (χ3n) is 5.84. The summed E-state index contributed by atoms with van der Waals surface area (Å²) in [4.78, 5) is 17.1. The molecule has 3 rings (SSSR count). The van der Waals surface area contributed by atoms with Crippen LogP contribution in [-0.2, 0) is 20.2 Å². The number of nitrogens with one attached hydrogen (secondary N) is 1. The highest BCUT2D eigenvalue weighted by Crippen LogP contribution is 2.40. The first-order chi connectivity index (χ1) is 17.8. The second-order valence-electron chi connectivity index (χ2n) is 9.91. The minimum Gasteiger partial charge on any atom is -0.496 e. The second kappa shape index (κ2) is 11.3. The molecule has 0 radical (unpaired) electrons. The van der Waals surface area contributed by atoms with Gasteiger partial charge in [0, 0.05) is 28.1 Å². The zero-order chi connectivity index (χ0) is 28.3. The Morgan fingerprint density at radius 1 is 0.947 bits per heavy atom. The number of benzene rings is 2. The van der Waals surface area contributed by atoms with Gasteiger partial charge in [-0.15, -0.1) is 0 Å². The van der Waals surface area contributed by atoms with Gasteiger partial charge in [-0.2, -0.15) is 0 Å². The van der Waals surface area contributed by atoms with Gasteiger partial charge in [0.2, 0.25) is 15.9 Å². The molecule has 1 aromatic heterocycles. The number of carbonyl (C=O) groups is 1. The Hall–Kier alpha value is -3.85. The summed E-state index contributed by atoms with van der Waals surface area (Å²) in [6.07, 6.45) is 4.68. The van der Waals surface area contributed by atoms with Crippen LogP contribution < -0.4 is 14.2 Å². The first kappa shape index (κ1) is 28.7. The fraction of sp³-hybridized carbons (Fsp3) is 0.310. The second-order valence-corrected chi connectivity index (χ2v) is 11.7. The Morgan fingerprint density at radius 2 is 1.63 bits per heavy atom. The minimum absolute atomic E-state index is 0.216. The van der Waals surface area contributed by atoms with Crippen LogP contribution in [0.2, 0.25) is 0 Å². The van der Waals surface area contributed by atoms with E-state index in [9.17, 15) is 13.2 Å². The fourth-order valence-electron chi connectivity index (χ4n) is 4.07. The zero-order valence-electron chi connectivity index (χ0n) is 23.0. The summed E-state index contributed by atoms with van der Waals surface area (Å²) in [6.45, 7) is 8.23. The standard InChI is InChI=1S/C29H34N2O6S/c1-18-9-14-23(27(30-18)36-6)21-15-20(26(35-5)25(16-21)29(2,3)4)11-10-19-12-13-22(31-38(8,33)34)17-24(19)28(32)37-7/h9-17,31H,1-8H3. The van der Waals surface area contributed by atoms with Gasteiger partial charge in [-0.3, -0.25) is 4.72 Å². The fourth-order valence-corrected chi connectivity index (χ4v) is 4.62. The predicted molar refractivity (Wildman–Crippen MR) is 151 cm³/mol. The van der Waals surface area contributed by atoms with Crippen LogP contribution in [0.4, 0.5) is 5.69 Å². The molecular weight excluding hydrogens is 504 g/mol. The molecule has 0 saturated carbocycles. The van der Waals surface area contributed by atoms with E-state index in [2.05, 4.69) is 36.5 Å². The van der Waals surface area contributed by atoms with Gasteiger partial charge in [-0.05, 0) is 59.9 Å². The first-order valence-electron chi connectivity index (χ1n) is 11.9. The lowest BCUT2D eigenvalue weighted by molar-refractivity contribution is 0.0600. The number of methoxy groups -OCH3 is 3. The number of pyridine rings is 1. The van der Waals surface area contributed by atoms with Crippen LogP contribution >= 0.6 is 0 Å². The SMILES string of the molecule is COC(=O)c1cc(NS(C)(=O)=O)ccc1C=Cc1cc(-c2ccc(C)nc2OC)cc(C(C)(C)C)c1OC. The third-order valence-corrected chi connectivity index (χ3v) is 6.44. The summed E-state index contributed by atoms with van der Waals surface area (Å²) < 4.78 is 42.1.